The minimum absolute atomic E-state index is 0. The molecule has 0 unspecified atom stereocenters. The Labute approximate surface area is 103 Å². The highest BCUT2D eigenvalue weighted by molar-refractivity contribution is 9.10. The van der Waals surface area contributed by atoms with Gasteiger partial charge in [0, 0.05) is 9.86 Å². The van der Waals surface area contributed by atoms with E-state index in [-0.39, 0.29) is 12.4 Å². The van der Waals surface area contributed by atoms with Gasteiger partial charge in [0.1, 0.15) is 5.82 Å². The Morgan fingerprint density at radius 1 is 1.33 bits per heavy atom. The molecule has 0 saturated carbocycles. The second-order valence-electron chi connectivity index (χ2n) is 3.14. The average Bonchev–Trinajstić information content (AvgIpc) is 2.17. The Bertz CT molecular complexity index is 487. The fourth-order valence-corrected chi connectivity index (χ4v) is 1.74. The first kappa shape index (κ1) is 12.2. The number of nitrogens with two attached hydrogens (primary N) is 1. The topological polar surface area (TPSA) is 50.9 Å². The molecule has 15 heavy (non-hydrogen) atoms. The van der Waals surface area contributed by atoms with Crippen LogP contribution in [0.5, 0.6) is 0 Å². The Balaban J connectivity index is 0.00000112. The molecule has 3 nitrogen and oxygen atoms in total. The summed E-state index contributed by atoms with van der Waals surface area (Å²) >= 11 is 3.41. The van der Waals surface area contributed by atoms with Crippen LogP contribution >= 0.6 is 28.3 Å². The zero-order chi connectivity index (χ0) is 10.1. The molecular formula is C10H11BrClN3. The van der Waals surface area contributed by atoms with Crippen molar-refractivity contribution < 1.29 is 0 Å². The number of nitrogens with one attached hydrogen (secondary N) is 1. The van der Waals surface area contributed by atoms with E-state index >= 15 is 0 Å². The number of hydrazine groups is 1. The molecule has 0 saturated heterocycles. The molecule has 5 heteroatoms. The van der Waals surface area contributed by atoms with Gasteiger partial charge in [-0.1, -0.05) is 22.0 Å². The zero-order valence-corrected chi connectivity index (χ0v) is 10.5. The van der Waals surface area contributed by atoms with E-state index in [0.29, 0.717) is 0 Å². The Kier molecular flexibility index (Phi) is 3.90. The summed E-state index contributed by atoms with van der Waals surface area (Å²) in [7, 11) is 0. The number of nitrogen functional groups attached to an aromatic ring is 1. The largest absolute Gasteiger partial charge is 0.308 e. The van der Waals surface area contributed by atoms with E-state index in [1.54, 1.807) is 0 Å². The number of hydrogen-bond donors (Lipinski definition) is 2. The molecule has 0 fully saturated rings. The van der Waals surface area contributed by atoms with Gasteiger partial charge >= 0.3 is 0 Å². The maximum atomic E-state index is 5.36. The van der Waals surface area contributed by atoms with Gasteiger partial charge in [0.2, 0.25) is 0 Å². The van der Waals surface area contributed by atoms with Crippen LogP contribution in [0.15, 0.2) is 28.7 Å². The summed E-state index contributed by atoms with van der Waals surface area (Å²) in [6, 6.07) is 8.05. The van der Waals surface area contributed by atoms with Crippen molar-refractivity contribution in [3.8, 4) is 0 Å². The molecule has 1 aromatic carbocycles. The van der Waals surface area contributed by atoms with Crippen molar-refractivity contribution in [3.63, 3.8) is 0 Å². The molecule has 0 aliphatic rings. The molecule has 2 rings (SSSR count). The minimum atomic E-state index is 0. The molecule has 1 heterocycles. The van der Waals surface area contributed by atoms with Gasteiger partial charge in [-0.3, -0.25) is 0 Å². The number of hydrogen-bond acceptors (Lipinski definition) is 3. The van der Waals surface area contributed by atoms with Gasteiger partial charge in [-0.05, 0) is 30.7 Å². The predicted molar refractivity (Wildman–Crippen MR) is 69.2 cm³/mol. The van der Waals surface area contributed by atoms with Crippen LogP contribution in [-0.4, -0.2) is 4.98 Å². The van der Waals surface area contributed by atoms with E-state index in [4.69, 9.17) is 5.84 Å². The number of rotatable bonds is 1. The van der Waals surface area contributed by atoms with E-state index in [1.807, 2.05) is 25.1 Å². The van der Waals surface area contributed by atoms with Gasteiger partial charge in [-0.2, -0.15) is 0 Å². The number of fused-ring (bicyclic) bond motifs is 1. The van der Waals surface area contributed by atoms with E-state index in [1.165, 1.54) is 0 Å². The third-order valence-electron chi connectivity index (χ3n) is 2.11. The molecule has 0 atom stereocenters. The standard InChI is InChI=1S/C10H10BrN3.ClH/c1-6-4-7-2-3-8(11)5-9(7)13-10(6)14-12;/h2-5H,12H2,1H3,(H,13,14);1H. The maximum Gasteiger partial charge on any atom is 0.143 e. The maximum absolute atomic E-state index is 5.36. The smallest absolute Gasteiger partial charge is 0.143 e. The number of aromatic nitrogens is 1. The molecule has 3 N–H and O–H groups in total. The quantitative estimate of drug-likeness (QED) is 0.626. The lowest BCUT2D eigenvalue weighted by Crippen LogP contribution is -2.09. The third-order valence-corrected chi connectivity index (χ3v) is 2.60. The fraction of sp³-hybridized carbons (Fsp3) is 0.100. The van der Waals surface area contributed by atoms with Crippen LogP contribution in [0.4, 0.5) is 5.82 Å². The van der Waals surface area contributed by atoms with Gasteiger partial charge in [0.05, 0.1) is 5.52 Å². The first-order valence-electron chi connectivity index (χ1n) is 4.24. The molecule has 0 bridgehead atoms. The second kappa shape index (κ2) is 4.79. The van der Waals surface area contributed by atoms with Crippen LogP contribution in [0.25, 0.3) is 10.9 Å². The van der Waals surface area contributed by atoms with E-state index in [0.717, 1.165) is 26.8 Å². The Hall–Kier alpha value is -0.840. The lowest BCUT2D eigenvalue weighted by molar-refractivity contribution is 1.23. The molecule has 0 aliphatic carbocycles. The van der Waals surface area contributed by atoms with Gasteiger partial charge < -0.3 is 5.43 Å². The summed E-state index contributed by atoms with van der Waals surface area (Å²) in [4.78, 5) is 4.39. The van der Waals surface area contributed by atoms with Gasteiger partial charge in [0.15, 0.2) is 0 Å². The molecule has 0 amide bonds. The molecular weight excluding hydrogens is 277 g/mol. The number of nitrogens with zero attached hydrogens (tertiary/aromatic N) is 1. The molecule has 0 aliphatic heterocycles. The second-order valence-corrected chi connectivity index (χ2v) is 4.05. The van der Waals surface area contributed by atoms with E-state index in [9.17, 15) is 0 Å². The number of pyridine rings is 1. The minimum Gasteiger partial charge on any atom is -0.308 e. The van der Waals surface area contributed by atoms with Crippen LogP contribution in [0.2, 0.25) is 0 Å². The van der Waals surface area contributed by atoms with Gasteiger partial charge in [-0.15, -0.1) is 12.4 Å². The van der Waals surface area contributed by atoms with Crippen molar-refractivity contribution in [2.45, 2.75) is 6.92 Å². The average molecular weight is 289 g/mol. The van der Waals surface area contributed by atoms with Crippen molar-refractivity contribution in [2.75, 3.05) is 5.43 Å². The van der Waals surface area contributed by atoms with Crippen LogP contribution in [0, 0.1) is 6.92 Å². The van der Waals surface area contributed by atoms with E-state index in [2.05, 4.69) is 32.4 Å². The Morgan fingerprint density at radius 2 is 2.07 bits per heavy atom. The first-order valence-corrected chi connectivity index (χ1v) is 5.03. The zero-order valence-electron chi connectivity index (χ0n) is 8.12. The van der Waals surface area contributed by atoms with Crippen molar-refractivity contribution in [2.24, 2.45) is 5.84 Å². The monoisotopic (exact) mass is 287 g/mol. The van der Waals surface area contributed by atoms with Crippen LogP contribution in [-0.2, 0) is 0 Å². The van der Waals surface area contributed by atoms with Crippen molar-refractivity contribution in [3.05, 3.63) is 34.3 Å². The van der Waals surface area contributed by atoms with Gasteiger partial charge in [0.25, 0.3) is 0 Å². The number of benzene rings is 1. The van der Waals surface area contributed by atoms with Crippen LogP contribution in [0.3, 0.4) is 0 Å². The van der Waals surface area contributed by atoms with Crippen molar-refractivity contribution in [1.82, 2.24) is 4.98 Å². The molecule has 0 radical (unpaired) electrons. The van der Waals surface area contributed by atoms with Crippen LogP contribution in [0.1, 0.15) is 5.56 Å². The molecule has 1 aromatic heterocycles. The van der Waals surface area contributed by atoms with Crippen molar-refractivity contribution in [1.29, 1.82) is 0 Å². The highest BCUT2D eigenvalue weighted by atomic mass is 79.9. The van der Waals surface area contributed by atoms with E-state index < -0.39 is 0 Å². The Morgan fingerprint density at radius 3 is 2.73 bits per heavy atom. The SMILES string of the molecule is Cc1cc2ccc(Br)cc2nc1NN.Cl. The molecule has 80 valence electrons. The molecule has 0 spiro atoms. The third kappa shape index (κ3) is 2.40. The summed E-state index contributed by atoms with van der Waals surface area (Å²) in [5.41, 5.74) is 4.55. The number of anilines is 1. The lowest BCUT2D eigenvalue weighted by atomic mass is 10.1. The lowest BCUT2D eigenvalue weighted by Gasteiger charge is -2.06. The highest BCUT2D eigenvalue weighted by Crippen LogP contribution is 2.22. The van der Waals surface area contributed by atoms with Gasteiger partial charge in [-0.25, -0.2) is 10.8 Å². The summed E-state index contributed by atoms with van der Waals surface area (Å²) in [6.07, 6.45) is 0. The number of aryl methyl sites for hydroxylation is 1. The summed E-state index contributed by atoms with van der Waals surface area (Å²) in [5, 5.41) is 1.12. The van der Waals surface area contributed by atoms with Crippen LogP contribution < -0.4 is 11.3 Å². The summed E-state index contributed by atoms with van der Waals surface area (Å²) < 4.78 is 1.02. The normalized spacial score (nSPS) is 9.80. The molecule has 2 aromatic rings. The number of halogens is 2. The summed E-state index contributed by atoms with van der Waals surface area (Å²) in [5.74, 6) is 6.07. The van der Waals surface area contributed by atoms with Crippen molar-refractivity contribution >= 4 is 45.1 Å². The first-order chi connectivity index (χ1) is 6.70. The predicted octanol–water partition coefficient (Wildman–Crippen LogP) is 3.01. The highest BCUT2D eigenvalue weighted by Gasteiger charge is 2.01. The fourth-order valence-electron chi connectivity index (χ4n) is 1.39. The summed E-state index contributed by atoms with van der Waals surface area (Å²) in [6.45, 7) is 1.98.